The second-order valence-electron chi connectivity index (χ2n) is 6.68. The van der Waals surface area contributed by atoms with Crippen LogP contribution in [0.3, 0.4) is 0 Å². The normalized spacial score (nSPS) is 12.1. The predicted molar refractivity (Wildman–Crippen MR) is 108 cm³/mol. The molecule has 0 radical (unpaired) electrons. The molecule has 160 valence electrons. The maximum Gasteiger partial charge on any atom is 0.417 e. The van der Waals surface area contributed by atoms with Crippen molar-refractivity contribution in [2.24, 2.45) is 0 Å². The smallest absolute Gasteiger partial charge is 0.345 e. The van der Waals surface area contributed by atoms with Crippen molar-refractivity contribution < 1.29 is 22.8 Å². The molecule has 0 aliphatic carbocycles. The summed E-state index contributed by atoms with van der Waals surface area (Å²) in [5.41, 5.74) is -1.48. The number of aromatic amines is 1. The number of pyridine rings is 1. The van der Waals surface area contributed by atoms with Crippen molar-refractivity contribution in [2.75, 3.05) is 5.32 Å². The minimum absolute atomic E-state index is 0.293. The molecule has 0 spiro atoms. The standard InChI is InChI=1S/C22H18F3N3O3/c23-22(24,25)16-11-18(21(31)26-13-16)27-19(29)12-17(14-7-3-1-4-8-14)28-20(30)15-9-5-2-6-10-15/h1-11,13,17H,12H2,(H,26,31)(H,27,29)(H,28,30). The predicted octanol–water partition coefficient (Wildman–Crippen LogP) is 3.89. The van der Waals surface area contributed by atoms with Crippen molar-refractivity contribution >= 4 is 17.5 Å². The molecule has 9 heteroatoms. The van der Waals surface area contributed by atoms with Crippen LogP contribution in [0.5, 0.6) is 0 Å². The van der Waals surface area contributed by atoms with Crippen LogP contribution in [0.4, 0.5) is 18.9 Å². The average molecular weight is 429 g/mol. The molecule has 31 heavy (non-hydrogen) atoms. The zero-order valence-corrected chi connectivity index (χ0v) is 16.1. The maximum absolute atomic E-state index is 12.9. The average Bonchev–Trinajstić information content (AvgIpc) is 2.75. The number of hydrogen-bond donors (Lipinski definition) is 3. The highest BCUT2D eigenvalue weighted by Gasteiger charge is 2.31. The number of halogens is 3. The molecular formula is C22H18F3N3O3. The lowest BCUT2D eigenvalue weighted by Gasteiger charge is -2.19. The summed E-state index contributed by atoms with van der Waals surface area (Å²) in [7, 11) is 0. The van der Waals surface area contributed by atoms with Gasteiger partial charge in [0.1, 0.15) is 5.69 Å². The number of anilines is 1. The van der Waals surface area contributed by atoms with E-state index in [2.05, 4.69) is 10.6 Å². The summed E-state index contributed by atoms with van der Waals surface area (Å²) < 4.78 is 38.7. The van der Waals surface area contributed by atoms with Crippen molar-refractivity contribution in [2.45, 2.75) is 18.6 Å². The summed E-state index contributed by atoms with van der Waals surface area (Å²) in [4.78, 5) is 38.9. The second kappa shape index (κ2) is 9.29. The first kappa shape index (κ1) is 21.8. The molecular weight excluding hydrogens is 411 g/mol. The van der Waals surface area contributed by atoms with E-state index in [9.17, 15) is 27.6 Å². The Kier molecular flexibility index (Phi) is 6.54. The minimum Gasteiger partial charge on any atom is -0.345 e. The number of benzene rings is 2. The van der Waals surface area contributed by atoms with Gasteiger partial charge in [0.2, 0.25) is 5.91 Å². The summed E-state index contributed by atoms with van der Waals surface area (Å²) in [5.74, 6) is -1.15. The van der Waals surface area contributed by atoms with Gasteiger partial charge in [-0.15, -0.1) is 0 Å². The number of alkyl halides is 3. The highest BCUT2D eigenvalue weighted by Crippen LogP contribution is 2.29. The molecule has 0 aliphatic heterocycles. The van der Waals surface area contributed by atoms with E-state index < -0.39 is 40.8 Å². The zero-order chi connectivity index (χ0) is 22.4. The number of carbonyl (C=O) groups excluding carboxylic acids is 2. The van der Waals surface area contributed by atoms with E-state index in [0.29, 0.717) is 23.4 Å². The SMILES string of the molecule is O=C(CC(NC(=O)c1ccccc1)c1ccccc1)Nc1cc(C(F)(F)F)c[nH]c1=O. The van der Waals surface area contributed by atoms with Crippen LogP contribution in [0.2, 0.25) is 0 Å². The van der Waals surface area contributed by atoms with Crippen LogP contribution in [0.15, 0.2) is 77.7 Å². The van der Waals surface area contributed by atoms with Gasteiger partial charge >= 0.3 is 6.18 Å². The molecule has 2 aromatic carbocycles. The lowest BCUT2D eigenvalue weighted by atomic mass is 10.0. The minimum atomic E-state index is -4.68. The van der Waals surface area contributed by atoms with Crippen molar-refractivity contribution in [1.29, 1.82) is 0 Å². The summed E-state index contributed by atoms with van der Waals surface area (Å²) in [6.45, 7) is 0. The number of rotatable bonds is 6. The first-order valence-electron chi connectivity index (χ1n) is 9.24. The number of H-pyrrole nitrogens is 1. The first-order valence-corrected chi connectivity index (χ1v) is 9.24. The number of nitrogens with one attached hydrogen (secondary N) is 3. The van der Waals surface area contributed by atoms with Gasteiger partial charge in [0, 0.05) is 11.8 Å². The van der Waals surface area contributed by atoms with Gasteiger partial charge in [-0.1, -0.05) is 48.5 Å². The molecule has 1 atom stereocenters. The van der Waals surface area contributed by atoms with E-state index >= 15 is 0 Å². The third kappa shape index (κ3) is 5.81. The van der Waals surface area contributed by atoms with Crippen LogP contribution in [0.25, 0.3) is 0 Å². The van der Waals surface area contributed by atoms with E-state index in [-0.39, 0.29) is 6.42 Å². The fourth-order valence-electron chi connectivity index (χ4n) is 2.90. The highest BCUT2D eigenvalue weighted by atomic mass is 19.4. The molecule has 1 heterocycles. The van der Waals surface area contributed by atoms with E-state index in [0.717, 1.165) is 0 Å². The molecule has 3 aromatic rings. The largest absolute Gasteiger partial charge is 0.417 e. The van der Waals surface area contributed by atoms with Crippen molar-refractivity contribution in [3.63, 3.8) is 0 Å². The van der Waals surface area contributed by atoms with E-state index in [1.807, 2.05) is 4.98 Å². The van der Waals surface area contributed by atoms with Gasteiger partial charge in [-0.3, -0.25) is 14.4 Å². The summed E-state index contributed by atoms with van der Waals surface area (Å²) in [6.07, 6.45) is -4.44. The monoisotopic (exact) mass is 429 g/mol. The van der Waals surface area contributed by atoms with Gasteiger partial charge in [0.25, 0.3) is 11.5 Å². The van der Waals surface area contributed by atoms with Gasteiger partial charge in [-0.05, 0) is 23.8 Å². The summed E-state index contributed by atoms with van der Waals surface area (Å²) >= 11 is 0. The number of carbonyl (C=O) groups is 2. The second-order valence-corrected chi connectivity index (χ2v) is 6.68. The molecule has 0 aliphatic rings. The van der Waals surface area contributed by atoms with Crippen LogP contribution < -0.4 is 16.2 Å². The molecule has 0 bridgehead atoms. The van der Waals surface area contributed by atoms with Crippen LogP contribution in [-0.4, -0.2) is 16.8 Å². The van der Waals surface area contributed by atoms with Gasteiger partial charge in [-0.2, -0.15) is 13.2 Å². The zero-order valence-electron chi connectivity index (χ0n) is 16.1. The number of aromatic nitrogens is 1. The Balaban J connectivity index is 1.79. The van der Waals surface area contributed by atoms with Crippen LogP contribution in [-0.2, 0) is 11.0 Å². The Morgan fingerprint density at radius 3 is 2.19 bits per heavy atom. The van der Waals surface area contributed by atoms with Gasteiger partial charge < -0.3 is 15.6 Å². The van der Waals surface area contributed by atoms with Gasteiger partial charge in [0.15, 0.2) is 0 Å². The molecule has 1 unspecified atom stereocenters. The van der Waals surface area contributed by atoms with E-state index in [1.165, 1.54) is 0 Å². The fourth-order valence-corrected chi connectivity index (χ4v) is 2.90. The molecule has 2 amide bonds. The molecule has 0 saturated heterocycles. The van der Waals surface area contributed by atoms with Gasteiger partial charge in [0.05, 0.1) is 18.0 Å². The highest BCUT2D eigenvalue weighted by molar-refractivity contribution is 5.95. The van der Waals surface area contributed by atoms with Crippen LogP contribution in [0, 0.1) is 0 Å². The maximum atomic E-state index is 12.9. The summed E-state index contributed by atoms with van der Waals surface area (Å²) in [6, 6.07) is 16.8. The number of amides is 2. The van der Waals surface area contributed by atoms with Crippen LogP contribution in [0.1, 0.15) is 33.9 Å². The lowest BCUT2D eigenvalue weighted by molar-refractivity contribution is -0.137. The van der Waals surface area contributed by atoms with Crippen LogP contribution >= 0.6 is 0 Å². The Bertz CT molecular complexity index is 1110. The molecule has 0 fully saturated rings. The lowest BCUT2D eigenvalue weighted by Crippen LogP contribution is -2.32. The molecule has 3 rings (SSSR count). The van der Waals surface area contributed by atoms with Crippen molar-refractivity contribution in [1.82, 2.24) is 10.3 Å². The quantitative estimate of drug-likeness (QED) is 0.555. The van der Waals surface area contributed by atoms with E-state index in [1.54, 1.807) is 60.7 Å². The molecule has 6 nitrogen and oxygen atoms in total. The van der Waals surface area contributed by atoms with E-state index in [4.69, 9.17) is 0 Å². The molecule has 3 N–H and O–H groups in total. The Morgan fingerprint density at radius 1 is 0.968 bits per heavy atom. The first-order chi connectivity index (χ1) is 14.7. The Hall–Kier alpha value is -3.88. The van der Waals surface area contributed by atoms with Crippen molar-refractivity contribution in [3.05, 3.63) is 100.0 Å². The molecule has 0 saturated carbocycles. The fraction of sp³-hybridized carbons (Fsp3) is 0.136. The van der Waals surface area contributed by atoms with Crippen molar-refractivity contribution in [3.8, 4) is 0 Å². The Labute approximate surface area is 175 Å². The topological polar surface area (TPSA) is 91.1 Å². The van der Waals surface area contributed by atoms with Gasteiger partial charge in [-0.25, -0.2) is 0 Å². The summed E-state index contributed by atoms with van der Waals surface area (Å²) in [5, 5.41) is 4.95. The number of hydrogen-bond acceptors (Lipinski definition) is 3. The molecule has 1 aromatic heterocycles. The Morgan fingerprint density at radius 2 is 1.58 bits per heavy atom. The third-order valence-electron chi connectivity index (χ3n) is 4.44. The third-order valence-corrected chi connectivity index (χ3v) is 4.44.